The van der Waals surface area contributed by atoms with Crippen molar-refractivity contribution in [1.82, 2.24) is 0 Å². The highest BCUT2D eigenvalue weighted by Crippen LogP contribution is 2.42. The SMILES string of the molecule is O=C(CBr)Cc1cccc(SC(F)(F)F)c1[N+](=O)[O-]. The Morgan fingerprint density at radius 3 is 2.53 bits per heavy atom. The minimum Gasteiger partial charge on any atom is -0.298 e. The van der Waals surface area contributed by atoms with Gasteiger partial charge in [-0.05, 0) is 17.8 Å². The van der Waals surface area contributed by atoms with Crippen molar-refractivity contribution in [3.8, 4) is 0 Å². The first-order chi connectivity index (χ1) is 8.74. The first-order valence-electron chi connectivity index (χ1n) is 4.84. The first-order valence-corrected chi connectivity index (χ1v) is 6.78. The Kier molecular flexibility index (Phi) is 5.36. The maximum Gasteiger partial charge on any atom is 0.446 e. The molecule has 1 rings (SSSR count). The second-order valence-corrected chi connectivity index (χ2v) is 5.09. The van der Waals surface area contributed by atoms with E-state index in [1.54, 1.807) is 0 Å². The lowest BCUT2D eigenvalue weighted by Crippen LogP contribution is -2.08. The number of halogens is 4. The molecule has 0 aliphatic rings. The molecular formula is C10H7BrF3NO3S. The third kappa shape index (κ3) is 4.83. The van der Waals surface area contributed by atoms with Gasteiger partial charge >= 0.3 is 5.51 Å². The Labute approximate surface area is 118 Å². The number of carbonyl (C=O) groups is 1. The molecule has 9 heteroatoms. The normalized spacial score (nSPS) is 11.4. The van der Waals surface area contributed by atoms with Crippen molar-refractivity contribution >= 4 is 39.2 Å². The third-order valence-electron chi connectivity index (χ3n) is 2.03. The van der Waals surface area contributed by atoms with Gasteiger partial charge < -0.3 is 0 Å². The largest absolute Gasteiger partial charge is 0.446 e. The zero-order valence-electron chi connectivity index (χ0n) is 9.24. The Hall–Kier alpha value is -1.09. The van der Waals surface area contributed by atoms with Crippen LogP contribution in [0.5, 0.6) is 0 Å². The summed E-state index contributed by atoms with van der Waals surface area (Å²) in [4.78, 5) is 20.7. The van der Waals surface area contributed by atoms with Crippen molar-refractivity contribution in [2.24, 2.45) is 0 Å². The smallest absolute Gasteiger partial charge is 0.298 e. The molecule has 0 aliphatic heterocycles. The molecule has 0 amide bonds. The van der Waals surface area contributed by atoms with E-state index >= 15 is 0 Å². The van der Waals surface area contributed by atoms with Gasteiger partial charge in [0.1, 0.15) is 5.78 Å². The van der Waals surface area contributed by atoms with Crippen LogP contribution in [0, 0.1) is 10.1 Å². The summed E-state index contributed by atoms with van der Waals surface area (Å²) in [6, 6.07) is 3.55. The third-order valence-corrected chi connectivity index (χ3v) is 3.43. The summed E-state index contributed by atoms with van der Waals surface area (Å²) in [5.74, 6) is -0.350. The summed E-state index contributed by atoms with van der Waals surface area (Å²) in [5.41, 5.74) is -5.31. The van der Waals surface area contributed by atoms with Crippen LogP contribution in [0.25, 0.3) is 0 Å². The van der Waals surface area contributed by atoms with E-state index in [0.29, 0.717) is 0 Å². The highest BCUT2D eigenvalue weighted by Gasteiger charge is 2.34. The molecule has 0 fully saturated rings. The number of carbonyl (C=O) groups excluding carboxylic acids is 1. The van der Waals surface area contributed by atoms with Crippen LogP contribution >= 0.6 is 27.7 Å². The average molecular weight is 358 g/mol. The number of para-hydroxylation sites is 1. The second kappa shape index (κ2) is 6.38. The van der Waals surface area contributed by atoms with Crippen LogP contribution < -0.4 is 0 Å². The van der Waals surface area contributed by atoms with E-state index in [-0.39, 0.29) is 23.1 Å². The number of hydrogen-bond acceptors (Lipinski definition) is 4. The molecule has 0 saturated heterocycles. The maximum atomic E-state index is 12.3. The maximum absolute atomic E-state index is 12.3. The molecule has 4 nitrogen and oxygen atoms in total. The van der Waals surface area contributed by atoms with Crippen LogP contribution in [-0.4, -0.2) is 21.5 Å². The average Bonchev–Trinajstić information content (AvgIpc) is 2.26. The number of rotatable bonds is 5. The van der Waals surface area contributed by atoms with Crippen LogP contribution in [0.2, 0.25) is 0 Å². The van der Waals surface area contributed by atoms with Crippen LogP contribution in [0.4, 0.5) is 18.9 Å². The van der Waals surface area contributed by atoms with Crippen molar-refractivity contribution < 1.29 is 22.9 Å². The van der Waals surface area contributed by atoms with Gasteiger partial charge in [-0.3, -0.25) is 14.9 Å². The summed E-state index contributed by atoms with van der Waals surface area (Å²) in [6.45, 7) is 0. The molecule has 1 aromatic carbocycles. The molecule has 0 atom stereocenters. The number of ketones is 1. The molecular weight excluding hydrogens is 351 g/mol. The van der Waals surface area contributed by atoms with Crippen LogP contribution in [0.3, 0.4) is 0 Å². The summed E-state index contributed by atoms with van der Waals surface area (Å²) in [5, 5.41) is 10.9. The van der Waals surface area contributed by atoms with Gasteiger partial charge in [-0.25, -0.2) is 0 Å². The monoisotopic (exact) mass is 357 g/mol. The Morgan fingerprint density at radius 2 is 2.05 bits per heavy atom. The number of nitro benzene ring substituents is 1. The standard InChI is InChI=1S/C10H7BrF3NO3S/c11-5-7(16)4-6-2-1-3-8(9(6)15(17)18)19-10(12,13)14/h1-3H,4-5H2. The van der Waals surface area contributed by atoms with E-state index in [9.17, 15) is 28.1 Å². The Bertz CT molecular complexity index is 507. The van der Waals surface area contributed by atoms with Gasteiger partial charge in [-0.1, -0.05) is 28.1 Å². The molecule has 0 radical (unpaired) electrons. The molecule has 0 heterocycles. The number of benzene rings is 1. The zero-order valence-corrected chi connectivity index (χ0v) is 11.6. The lowest BCUT2D eigenvalue weighted by Gasteiger charge is -2.08. The number of alkyl halides is 4. The first kappa shape index (κ1) is 16.0. The quantitative estimate of drug-likeness (QED) is 0.348. The van der Waals surface area contributed by atoms with Crippen LogP contribution in [-0.2, 0) is 11.2 Å². The van der Waals surface area contributed by atoms with Crippen molar-refractivity contribution in [2.45, 2.75) is 16.8 Å². The number of nitro groups is 1. The lowest BCUT2D eigenvalue weighted by molar-refractivity contribution is -0.388. The molecule has 1 aromatic rings. The molecule has 0 unspecified atom stereocenters. The molecule has 0 saturated carbocycles. The van der Waals surface area contributed by atoms with Crippen molar-refractivity contribution in [3.63, 3.8) is 0 Å². The zero-order chi connectivity index (χ0) is 14.6. The molecule has 19 heavy (non-hydrogen) atoms. The Morgan fingerprint density at radius 1 is 1.42 bits per heavy atom. The number of thioether (sulfide) groups is 1. The van der Waals surface area contributed by atoms with E-state index in [0.717, 1.165) is 6.07 Å². The van der Waals surface area contributed by atoms with Gasteiger partial charge in [0.05, 0.1) is 15.1 Å². The van der Waals surface area contributed by atoms with E-state index in [1.165, 1.54) is 12.1 Å². The highest BCUT2D eigenvalue weighted by molar-refractivity contribution is 9.09. The van der Waals surface area contributed by atoms with E-state index in [1.807, 2.05) is 0 Å². The molecule has 0 aromatic heterocycles. The molecule has 0 N–H and O–H groups in total. The minimum atomic E-state index is -4.62. The molecule has 0 bridgehead atoms. The van der Waals surface area contributed by atoms with E-state index < -0.39 is 32.8 Å². The van der Waals surface area contributed by atoms with Crippen molar-refractivity contribution in [1.29, 1.82) is 0 Å². The fraction of sp³-hybridized carbons (Fsp3) is 0.300. The van der Waals surface area contributed by atoms with E-state index in [2.05, 4.69) is 15.9 Å². The summed E-state index contributed by atoms with van der Waals surface area (Å²) in [7, 11) is 0. The topological polar surface area (TPSA) is 60.2 Å². The Balaban J connectivity index is 3.22. The molecule has 0 aliphatic carbocycles. The fourth-order valence-corrected chi connectivity index (χ4v) is 2.28. The summed E-state index contributed by atoms with van der Waals surface area (Å²) < 4.78 is 36.9. The molecule has 0 spiro atoms. The van der Waals surface area contributed by atoms with Gasteiger partial charge in [-0.15, -0.1) is 0 Å². The van der Waals surface area contributed by atoms with Crippen molar-refractivity contribution in [2.75, 3.05) is 5.33 Å². The van der Waals surface area contributed by atoms with Crippen LogP contribution in [0.15, 0.2) is 23.1 Å². The summed E-state index contributed by atoms with van der Waals surface area (Å²) in [6.07, 6.45) is -0.284. The van der Waals surface area contributed by atoms with Crippen molar-refractivity contribution in [3.05, 3.63) is 33.9 Å². The fourth-order valence-electron chi connectivity index (χ4n) is 1.38. The van der Waals surface area contributed by atoms with Gasteiger partial charge in [0.15, 0.2) is 0 Å². The van der Waals surface area contributed by atoms with Crippen LogP contribution in [0.1, 0.15) is 5.56 Å². The van der Waals surface area contributed by atoms with E-state index in [4.69, 9.17) is 0 Å². The van der Waals surface area contributed by atoms with Gasteiger partial charge in [-0.2, -0.15) is 13.2 Å². The lowest BCUT2D eigenvalue weighted by atomic mass is 10.1. The second-order valence-electron chi connectivity index (χ2n) is 3.42. The predicted octanol–water partition coefficient (Wildman–Crippen LogP) is 3.71. The number of Topliss-reactive ketones (excluding diaryl/α,β-unsaturated/α-hetero) is 1. The number of nitrogens with zero attached hydrogens (tertiary/aromatic N) is 1. The highest BCUT2D eigenvalue weighted by atomic mass is 79.9. The van der Waals surface area contributed by atoms with Gasteiger partial charge in [0.2, 0.25) is 0 Å². The van der Waals surface area contributed by atoms with Gasteiger partial charge in [0.25, 0.3) is 5.69 Å². The molecule has 104 valence electrons. The number of hydrogen-bond donors (Lipinski definition) is 0. The van der Waals surface area contributed by atoms with Gasteiger partial charge in [0, 0.05) is 12.0 Å². The predicted molar refractivity (Wildman–Crippen MR) is 67.5 cm³/mol. The minimum absolute atomic E-state index is 0.0131. The summed E-state index contributed by atoms with van der Waals surface area (Å²) >= 11 is 2.34.